The molecule has 0 radical (unpaired) electrons. The molecule has 0 spiro atoms. The summed E-state index contributed by atoms with van der Waals surface area (Å²) < 4.78 is 5.89. The van der Waals surface area contributed by atoms with Crippen LogP contribution in [0.5, 0.6) is 5.75 Å². The highest BCUT2D eigenvalue weighted by Gasteiger charge is 2.34. The summed E-state index contributed by atoms with van der Waals surface area (Å²) in [4.78, 5) is 0. The molecule has 4 rings (SSSR count). The van der Waals surface area contributed by atoms with Crippen molar-refractivity contribution in [3.05, 3.63) is 65.2 Å². The third-order valence-electron chi connectivity index (χ3n) is 5.72. The average molecular weight is 337 g/mol. The Morgan fingerprint density at radius 3 is 2.72 bits per heavy atom. The fourth-order valence-electron chi connectivity index (χ4n) is 3.88. The molecular weight excluding hydrogens is 310 g/mol. The van der Waals surface area contributed by atoms with Crippen molar-refractivity contribution in [2.75, 3.05) is 13.2 Å². The number of para-hydroxylation sites is 1. The topological polar surface area (TPSA) is 41.5 Å². The Bertz CT molecular complexity index is 725. The maximum atomic E-state index is 10.0. The summed E-state index contributed by atoms with van der Waals surface area (Å²) >= 11 is 0. The van der Waals surface area contributed by atoms with Gasteiger partial charge in [-0.25, -0.2) is 0 Å². The van der Waals surface area contributed by atoms with Crippen molar-refractivity contribution in [1.29, 1.82) is 0 Å². The molecule has 1 unspecified atom stereocenters. The van der Waals surface area contributed by atoms with E-state index >= 15 is 0 Å². The van der Waals surface area contributed by atoms with Crippen molar-refractivity contribution in [3.8, 4) is 5.75 Å². The van der Waals surface area contributed by atoms with Gasteiger partial charge in [0.1, 0.15) is 12.4 Å². The van der Waals surface area contributed by atoms with E-state index in [0.717, 1.165) is 30.2 Å². The van der Waals surface area contributed by atoms with E-state index in [1.54, 1.807) is 0 Å². The second-order valence-corrected chi connectivity index (χ2v) is 7.69. The van der Waals surface area contributed by atoms with Crippen molar-refractivity contribution in [3.63, 3.8) is 0 Å². The summed E-state index contributed by atoms with van der Waals surface area (Å²) in [5.74, 6) is 1.83. The summed E-state index contributed by atoms with van der Waals surface area (Å²) in [7, 11) is 0. The Balaban J connectivity index is 1.42. The van der Waals surface area contributed by atoms with Gasteiger partial charge in [0, 0.05) is 6.54 Å². The number of aliphatic hydroxyl groups is 1. The molecule has 1 aliphatic carbocycles. The lowest BCUT2D eigenvalue weighted by Gasteiger charge is -2.37. The zero-order valence-electron chi connectivity index (χ0n) is 14.7. The molecule has 25 heavy (non-hydrogen) atoms. The standard InChI is InChI=1S/C22H27NO2/c24-15-22(13-20-9-1-2-10-21(20)25-16-22)23-14-19-8-4-7-18(12-19)11-17-5-3-6-17/h1-2,4,7-10,12,17,23-24H,3,5-6,11,13-16H2. The van der Waals surface area contributed by atoms with Gasteiger partial charge < -0.3 is 15.2 Å². The first-order chi connectivity index (χ1) is 12.3. The number of nitrogens with one attached hydrogen (secondary N) is 1. The monoisotopic (exact) mass is 337 g/mol. The Morgan fingerprint density at radius 2 is 1.92 bits per heavy atom. The van der Waals surface area contributed by atoms with Crippen molar-refractivity contribution >= 4 is 0 Å². The van der Waals surface area contributed by atoms with Crippen molar-refractivity contribution in [1.82, 2.24) is 5.32 Å². The Labute approximate surface area is 150 Å². The third kappa shape index (κ3) is 3.73. The van der Waals surface area contributed by atoms with E-state index in [-0.39, 0.29) is 6.61 Å². The summed E-state index contributed by atoms with van der Waals surface area (Å²) in [5, 5.41) is 13.6. The van der Waals surface area contributed by atoms with Crippen LogP contribution in [0, 0.1) is 5.92 Å². The molecular formula is C22H27NO2. The van der Waals surface area contributed by atoms with Crippen molar-refractivity contribution in [2.24, 2.45) is 5.92 Å². The summed E-state index contributed by atoms with van der Waals surface area (Å²) in [6.45, 7) is 1.33. The van der Waals surface area contributed by atoms with Gasteiger partial charge in [0.25, 0.3) is 0 Å². The summed E-state index contributed by atoms with van der Waals surface area (Å²) in [6, 6.07) is 17.0. The van der Waals surface area contributed by atoms with Crippen LogP contribution in [-0.2, 0) is 19.4 Å². The highest BCUT2D eigenvalue weighted by Crippen LogP contribution is 2.31. The SMILES string of the molecule is OCC1(NCc2cccc(CC3CCC3)c2)COc2ccccc2C1. The number of hydrogen-bond acceptors (Lipinski definition) is 3. The molecule has 132 valence electrons. The van der Waals surface area contributed by atoms with Crippen LogP contribution >= 0.6 is 0 Å². The fourth-order valence-corrected chi connectivity index (χ4v) is 3.88. The lowest BCUT2D eigenvalue weighted by atomic mass is 9.81. The van der Waals surface area contributed by atoms with Gasteiger partial charge in [0.15, 0.2) is 0 Å². The van der Waals surface area contributed by atoms with E-state index < -0.39 is 5.54 Å². The normalized spacial score (nSPS) is 22.8. The minimum Gasteiger partial charge on any atom is -0.491 e. The van der Waals surface area contributed by atoms with Crippen molar-refractivity contribution in [2.45, 2.75) is 44.2 Å². The van der Waals surface area contributed by atoms with Crippen LogP contribution in [0.1, 0.15) is 36.0 Å². The smallest absolute Gasteiger partial charge is 0.122 e. The van der Waals surface area contributed by atoms with Crippen LogP contribution in [0.2, 0.25) is 0 Å². The second kappa shape index (κ2) is 7.19. The molecule has 0 saturated heterocycles. The van der Waals surface area contributed by atoms with E-state index in [2.05, 4.69) is 35.6 Å². The van der Waals surface area contributed by atoms with E-state index in [1.165, 1.54) is 36.8 Å². The molecule has 1 atom stereocenters. The van der Waals surface area contributed by atoms with Crippen LogP contribution in [0.25, 0.3) is 0 Å². The molecule has 0 aromatic heterocycles. The maximum Gasteiger partial charge on any atom is 0.122 e. The van der Waals surface area contributed by atoms with Gasteiger partial charge in [-0.05, 0) is 41.5 Å². The van der Waals surface area contributed by atoms with E-state index in [9.17, 15) is 5.11 Å². The van der Waals surface area contributed by atoms with Crippen LogP contribution < -0.4 is 10.1 Å². The van der Waals surface area contributed by atoms with E-state index in [0.29, 0.717) is 6.61 Å². The van der Waals surface area contributed by atoms with Gasteiger partial charge in [-0.3, -0.25) is 0 Å². The highest BCUT2D eigenvalue weighted by molar-refractivity contribution is 5.37. The number of rotatable bonds is 6. The highest BCUT2D eigenvalue weighted by atomic mass is 16.5. The molecule has 3 heteroatoms. The van der Waals surface area contributed by atoms with Gasteiger partial charge >= 0.3 is 0 Å². The molecule has 3 nitrogen and oxygen atoms in total. The molecule has 0 bridgehead atoms. The zero-order valence-corrected chi connectivity index (χ0v) is 14.7. The summed E-state index contributed by atoms with van der Waals surface area (Å²) in [6.07, 6.45) is 6.16. The van der Waals surface area contributed by atoms with E-state index in [1.807, 2.05) is 18.2 Å². The Hall–Kier alpha value is -1.84. The predicted octanol–water partition coefficient (Wildman–Crippen LogP) is 3.49. The van der Waals surface area contributed by atoms with Gasteiger partial charge in [-0.1, -0.05) is 61.7 Å². The first-order valence-corrected chi connectivity index (χ1v) is 9.41. The molecule has 2 aromatic rings. The molecule has 2 aromatic carbocycles. The van der Waals surface area contributed by atoms with Crippen LogP contribution in [0.4, 0.5) is 0 Å². The number of fused-ring (bicyclic) bond motifs is 1. The molecule has 2 N–H and O–H groups in total. The second-order valence-electron chi connectivity index (χ2n) is 7.69. The maximum absolute atomic E-state index is 10.0. The predicted molar refractivity (Wildman–Crippen MR) is 99.8 cm³/mol. The molecule has 2 aliphatic rings. The number of benzene rings is 2. The Kier molecular flexibility index (Phi) is 4.78. The van der Waals surface area contributed by atoms with Crippen LogP contribution in [0.15, 0.2) is 48.5 Å². The fraction of sp³-hybridized carbons (Fsp3) is 0.455. The lowest BCUT2D eigenvalue weighted by molar-refractivity contribution is 0.0861. The first kappa shape index (κ1) is 16.6. The van der Waals surface area contributed by atoms with Gasteiger partial charge in [-0.2, -0.15) is 0 Å². The van der Waals surface area contributed by atoms with Gasteiger partial charge in [-0.15, -0.1) is 0 Å². The molecule has 1 heterocycles. The Morgan fingerprint density at radius 1 is 1.08 bits per heavy atom. The van der Waals surface area contributed by atoms with Gasteiger partial charge in [0.2, 0.25) is 0 Å². The van der Waals surface area contributed by atoms with Crippen molar-refractivity contribution < 1.29 is 9.84 Å². The largest absolute Gasteiger partial charge is 0.491 e. The quantitative estimate of drug-likeness (QED) is 0.848. The number of ether oxygens (including phenoxy) is 1. The third-order valence-corrected chi connectivity index (χ3v) is 5.72. The molecule has 0 amide bonds. The minimum absolute atomic E-state index is 0.0725. The lowest BCUT2D eigenvalue weighted by Crippen LogP contribution is -2.56. The van der Waals surface area contributed by atoms with Crippen LogP contribution in [0.3, 0.4) is 0 Å². The molecule has 1 saturated carbocycles. The van der Waals surface area contributed by atoms with Gasteiger partial charge in [0.05, 0.1) is 12.1 Å². The molecule has 1 aliphatic heterocycles. The van der Waals surface area contributed by atoms with E-state index in [4.69, 9.17) is 4.74 Å². The molecule has 1 fully saturated rings. The number of hydrogen-bond donors (Lipinski definition) is 2. The van der Waals surface area contributed by atoms with Crippen LogP contribution in [-0.4, -0.2) is 23.9 Å². The summed E-state index contributed by atoms with van der Waals surface area (Å²) in [5.41, 5.74) is 3.48. The average Bonchev–Trinajstić information content (AvgIpc) is 2.63. The number of aliphatic hydroxyl groups excluding tert-OH is 1. The zero-order chi connectivity index (χ0) is 17.1. The minimum atomic E-state index is -0.404. The first-order valence-electron chi connectivity index (χ1n) is 9.41.